The van der Waals surface area contributed by atoms with Gasteiger partial charge >= 0.3 is 0 Å². The molecule has 0 bridgehead atoms. The number of amides is 1. The van der Waals surface area contributed by atoms with Crippen molar-refractivity contribution in [2.24, 2.45) is 0 Å². The van der Waals surface area contributed by atoms with E-state index in [1.165, 1.54) is 0 Å². The zero-order valence-corrected chi connectivity index (χ0v) is 18.9. The molecule has 0 saturated carbocycles. The average molecular weight is 454 g/mol. The SMILES string of the molecule is COc1ccc(N2CCN(C(=O)c3cccnc3SCc3ccc(Cl)cc3)CC2)cc1. The molecule has 31 heavy (non-hydrogen) atoms. The number of carbonyl (C=O) groups excluding carboxylic acids is 1. The fourth-order valence-electron chi connectivity index (χ4n) is 3.53. The highest BCUT2D eigenvalue weighted by Gasteiger charge is 2.24. The van der Waals surface area contributed by atoms with Gasteiger partial charge in [0.2, 0.25) is 0 Å². The molecule has 0 spiro atoms. The van der Waals surface area contributed by atoms with E-state index in [1.54, 1.807) is 25.1 Å². The largest absolute Gasteiger partial charge is 0.497 e. The molecule has 2 heterocycles. The van der Waals surface area contributed by atoms with Crippen molar-refractivity contribution in [2.75, 3.05) is 38.2 Å². The first kappa shape index (κ1) is 21.5. The molecule has 4 rings (SSSR count). The second-order valence-electron chi connectivity index (χ2n) is 7.25. The van der Waals surface area contributed by atoms with Gasteiger partial charge in [-0.1, -0.05) is 23.7 Å². The smallest absolute Gasteiger partial charge is 0.256 e. The van der Waals surface area contributed by atoms with Crippen molar-refractivity contribution in [3.63, 3.8) is 0 Å². The van der Waals surface area contributed by atoms with Crippen molar-refractivity contribution >= 4 is 35.0 Å². The van der Waals surface area contributed by atoms with Crippen LogP contribution in [0.25, 0.3) is 0 Å². The molecular weight excluding hydrogens is 430 g/mol. The van der Waals surface area contributed by atoms with E-state index in [0.717, 1.165) is 45.9 Å². The van der Waals surface area contributed by atoms with Gasteiger partial charge in [0.1, 0.15) is 10.8 Å². The monoisotopic (exact) mass is 453 g/mol. The lowest BCUT2D eigenvalue weighted by Gasteiger charge is -2.36. The predicted molar refractivity (Wildman–Crippen MR) is 126 cm³/mol. The molecule has 1 amide bonds. The molecule has 0 aliphatic carbocycles. The highest BCUT2D eigenvalue weighted by molar-refractivity contribution is 7.98. The standard InChI is InChI=1S/C24H24ClN3O2S/c1-30-21-10-8-20(9-11-21)27-13-15-28(16-14-27)24(29)22-3-2-12-26-23(22)31-17-18-4-6-19(25)7-5-18/h2-12H,13-17H2,1H3. The molecule has 3 aromatic rings. The first-order valence-corrected chi connectivity index (χ1v) is 11.5. The Morgan fingerprint density at radius 1 is 1.03 bits per heavy atom. The third-order valence-corrected chi connectivity index (χ3v) is 6.62. The molecule has 5 nitrogen and oxygen atoms in total. The van der Waals surface area contributed by atoms with Gasteiger partial charge in [-0.15, -0.1) is 11.8 Å². The van der Waals surface area contributed by atoms with Crippen LogP contribution in [0, 0.1) is 0 Å². The number of hydrogen-bond acceptors (Lipinski definition) is 5. The maximum absolute atomic E-state index is 13.2. The maximum atomic E-state index is 13.2. The van der Waals surface area contributed by atoms with Gasteiger partial charge in [-0.25, -0.2) is 4.98 Å². The Bertz CT molecular complexity index is 1020. The number of aromatic nitrogens is 1. The number of piperazine rings is 1. The van der Waals surface area contributed by atoms with Crippen molar-refractivity contribution in [1.29, 1.82) is 0 Å². The van der Waals surface area contributed by atoms with Crippen LogP contribution in [0.2, 0.25) is 5.02 Å². The quantitative estimate of drug-likeness (QED) is 0.491. The number of anilines is 1. The number of carbonyl (C=O) groups is 1. The Hall–Kier alpha value is -2.70. The lowest BCUT2D eigenvalue weighted by Crippen LogP contribution is -2.48. The van der Waals surface area contributed by atoms with Gasteiger partial charge in [0.25, 0.3) is 5.91 Å². The average Bonchev–Trinajstić information content (AvgIpc) is 2.83. The molecule has 2 aromatic carbocycles. The van der Waals surface area contributed by atoms with Crippen LogP contribution in [-0.4, -0.2) is 49.1 Å². The molecule has 0 unspecified atom stereocenters. The first-order chi connectivity index (χ1) is 15.1. The Morgan fingerprint density at radius 3 is 2.42 bits per heavy atom. The normalized spacial score (nSPS) is 13.9. The number of benzene rings is 2. The van der Waals surface area contributed by atoms with Gasteiger partial charge in [0, 0.05) is 48.8 Å². The number of methoxy groups -OCH3 is 1. The molecule has 0 radical (unpaired) electrons. The van der Waals surface area contributed by atoms with Crippen molar-refractivity contribution in [3.05, 3.63) is 83.0 Å². The van der Waals surface area contributed by atoms with Crippen LogP contribution < -0.4 is 9.64 Å². The molecule has 7 heteroatoms. The Morgan fingerprint density at radius 2 is 1.74 bits per heavy atom. The summed E-state index contributed by atoms with van der Waals surface area (Å²) in [4.78, 5) is 21.9. The van der Waals surface area contributed by atoms with Crippen molar-refractivity contribution < 1.29 is 9.53 Å². The lowest BCUT2D eigenvalue weighted by molar-refractivity contribution is 0.0742. The Labute approximate surface area is 192 Å². The van der Waals surface area contributed by atoms with E-state index in [0.29, 0.717) is 18.7 Å². The van der Waals surface area contributed by atoms with Crippen LogP contribution in [0.4, 0.5) is 5.69 Å². The Kier molecular flexibility index (Phi) is 6.99. The molecule has 160 valence electrons. The molecule has 1 aromatic heterocycles. The topological polar surface area (TPSA) is 45.7 Å². The number of ether oxygens (including phenoxy) is 1. The number of nitrogens with zero attached hydrogens (tertiary/aromatic N) is 3. The minimum Gasteiger partial charge on any atom is -0.497 e. The third-order valence-electron chi connectivity index (χ3n) is 5.29. The van der Waals surface area contributed by atoms with Gasteiger partial charge in [0.15, 0.2) is 0 Å². The van der Waals surface area contributed by atoms with E-state index < -0.39 is 0 Å². The van der Waals surface area contributed by atoms with E-state index in [4.69, 9.17) is 16.3 Å². The second kappa shape index (κ2) is 10.1. The maximum Gasteiger partial charge on any atom is 0.256 e. The Balaban J connectivity index is 1.39. The molecule has 0 N–H and O–H groups in total. The van der Waals surface area contributed by atoms with Crippen LogP contribution in [0.15, 0.2) is 71.9 Å². The van der Waals surface area contributed by atoms with Gasteiger partial charge in [-0.2, -0.15) is 0 Å². The summed E-state index contributed by atoms with van der Waals surface area (Å²) < 4.78 is 5.23. The molecule has 1 fully saturated rings. The van der Waals surface area contributed by atoms with E-state index in [9.17, 15) is 4.79 Å². The summed E-state index contributed by atoms with van der Waals surface area (Å²) in [7, 11) is 1.67. The summed E-state index contributed by atoms with van der Waals surface area (Å²) in [6, 6.07) is 19.5. The number of thioether (sulfide) groups is 1. The highest BCUT2D eigenvalue weighted by atomic mass is 35.5. The fraction of sp³-hybridized carbons (Fsp3) is 0.250. The van der Waals surface area contributed by atoms with Crippen LogP contribution in [0.5, 0.6) is 5.75 Å². The zero-order valence-electron chi connectivity index (χ0n) is 17.3. The molecule has 1 aliphatic heterocycles. The second-order valence-corrected chi connectivity index (χ2v) is 8.65. The van der Waals surface area contributed by atoms with Crippen LogP contribution >= 0.6 is 23.4 Å². The number of halogens is 1. The summed E-state index contributed by atoms with van der Waals surface area (Å²) in [5, 5.41) is 1.48. The third kappa shape index (κ3) is 5.32. The van der Waals surface area contributed by atoms with Gasteiger partial charge in [-0.3, -0.25) is 4.79 Å². The van der Waals surface area contributed by atoms with E-state index in [-0.39, 0.29) is 5.91 Å². The van der Waals surface area contributed by atoms with Crippen molar-refractivity contribution in [2.45, 2.75) is 10.8 Å². The van der Waals surface area contributed by atoms with Crippen LogP contribution in [0.3, 0.4) is 0 Å². The predicted octanol–water partition coefficient (Wildman–Crippen LogP) is 5.00. The minimum atomic E-state index is 0.0427. The van der Waals surface area contributed by atoms with Gasteiger partial charge in [-0.05, 0) is 54.1 Å². The zero-order chi connectivity index (χ0) is 21.6. The first-order valence-electron chi connectivity index (χ1n) is 10.1. The highest BCUT2D eigenvalue weighted by Crippen LogP contribution is 2.27. The summed E-state index contributed by atoms with van der Waals surface area (Å²) in [6.45, 7) is 2.96. The minimum absolute atomic E-state index is 0.0427. The number of rotatable bonds is 6. The summed E-state index contributed by atoms with van der Waals surface area (Å²) >= 11 is 7.54. The van der Waals surface area contributed by atoms with Gasteiger partial charge in [0.05, 0.1) is 12.7 Å². The molecule has 1 aliphatic rings. The molecular formula is C24H24ClN3O2S. The van der Waals surface area contributed by atoms with Crippen LogP contribution in [0.1, 0.15) is 15.9 Å². The summed E-state index contributed by atoms with van der Waals surface area (Å²) in [5.74, 6) is 1.62. The number of pyridine rings is 1. The summed E-state index contributed by atoms with van der Waals surface area (Å²) in [5.41, 5.74) is 2.96. The van der Waals surface area contributed by atoms with Crippen LogP contribution in [-0.2, 0) is 5.75 Å². The van der Waals surface area contributed by atoms with Crippen molar-refractivity contribution in [3.8, 4) is 5.75 Å². The molecule has 0 atom stereocenters. The van der Waals surface area contributed by atoms with Crippen molar-refractivity contribution in [1.82, 2.24) is 9.88 Å². The lowest BCUT2D eigenvalue weighted by atomic mass is 10.2. The van der Waals surface area contributed by atoms with E-state index in [1.807, 2.05) is 53.4 Å². The van der Waals surface area contributed by atoms with E-state index in [2.05, 4.69) is 22.0 Å². The fourth-order valence-corrected chi connectivity index (χ4v) is 4.60. The van der Waals surface area contributed by atoms with Gasteiger partial charge < -0.3 is 14.5 Å². The molecule has 1 saturated heterocycles. The number of hydrogen-bond donors (Lipinski definition) is 0. The summed E-state index contributed by atoms with van der Waals surface area (Å²) in [6.07, 6.45) is 1.74. The van der Waals surface area contributed by atoms with E-state index >= 15 is 0 Å².